The second kappa shape index (κ2) is 9.80. The Morgan fingerprint density at radius 1 is 1.09 bits per heavy atom. The van der Waals surface area contributed by atoms with E-state index in [0.717, 1.165) is 12.0 Å². The molecule has 2 heterocycles. The van der Waals surface area contributed by atoms with E-state index in [9.17, 15) is 14.0 Å². The highest BCUT2D eigenvalue weighted by atomic mass is 32.1. The number of hydrogen-bond donors (Lipinski definition) is 1. The van der Waals surface area contributed by atoms with Gasteiger partial charge in [0.25, 0.3) is 5.91 Å². The first-order valence-corrected chi connectivity index (χ1v) is 11.9. The minimum Gasteiger partial charge on any atom is -0.336 e. The molecule has 2 aromatic carbocycles. The summed E-state index contributed by atoms with van der Waals surface area (Å²) in [5, 5.41) is 5.20. The maximum atomic E-state index is 13.4. The van der Waals surface area contributed by atoms with Crippen molar-refractivity contribution in [3.8, 4) is 0 Å². The number of benzene rings is 2. The predicted octanol–water partition coefficient (Wildman–Crippen LogP) is 5.08. The lowest BCUT2D eigenvalue weighted by Crippen LogP contribution is -2.39. The van der Waals surface area contributed by atoms with Crippen molar-refractivity contribution in [2.45, 2.75) is 32.7 Å². The van der Waals surface area contributed by atoms with Crippen molar-refractivity contribution in [2.24, 2.45) is 0 Å². The van der Waals surface area contributed by atoms with Gasteiger partial charge in [0, 0.05) is 17.1 Å². The molecule has 33 heavy (non-hydrogen) atoms. The van der Waals surface area contributed by atoms with Crippen LogP contribution in [0.25, 0.3) is 0 Å². The van der Waals surface area contributed by atoms with Crippen LogP contribution in [0.3, 0.4) is 0 Å². The second-order valence-electron chi connectivity index (χ2n) is 8.04. The van der Waals surface area contributed by atoms with Gasteiger partial charge in [-0.05, 0) is 85.9 Å². The normalized spacial score (nSPS) is 15.9. The third-order valence-electron chi connectivity index (χ3n) is 5.67. The van der Waals surface area contributed by atoms with Crippen molar-refractivity contribution in [2.75, 3.05) is 16.8 Å². The Bertz CT molecular complexity index is 1180. The van der Waals surface area contributed by atoms with E-state index in [-0.39, 0.29) is 24.1 Å². The molecular formula is C25H24FN3O2S2. The second-order valence-corrected chi connectivity index (χ2v) is 9.40. The largest absolute Gasteiger partial charge is 0.336 e. The number of halogens is 1. The number of thiocarbonyl (C=S) groups is 1. The predicted molar refractivity (Wildman–Crippen MR) is 134 cm³/mol. The van der Waals surface area contributed by atoms with Gasteiger partial charge in [0.2, 0.25) is 5.91 Å². The minimum absolute atomic E-state index is 0.0534. The van der Waals surface area contributed by atoms with E-state index < -0.39 is 6.04 Å². The Morgan fingerprint density at radius 2 is 1.79 bits per heavy atom. The van der Waals surface area contributed by atoms with Crippen LogP contribution in [0.4, 0.5) is 15.8 Å². The van der Waals surface area contributed by atoms with Gasteiger partial charge in [-0.15, -0.1) is 11.3 Å². The molecule has 2 amide bonds. The smallest absolute Gasteiger partial charge is 0.256 e. The molecule has 5 nitrogen and oxygen atoms in total. The van der Waals surface area contributed by atoms with E-state index in [1.165, 1.54) is 39.6 Å². The summed E-state index contributed by atoms with van der Waals surface area (Å²) in [6.07, 6.45) is 0.677. The fourth-order valence-corrected chi connectivity index (χ4v) is 5.14. The molecule has 0 bridgehead atoms. The Hall–Kier alpha value is -3.10. The number of carbonyl (C=O) groups is 2. The van der Waals surface area contributed by atoms with Crippen LogP contribution >= 0.6 is 23.6 Å². The van der Waals surface area contributed by atoms with Crippen LogP contribution in [0.2, 0.25) is 0 Å². The zero-order valence-corrected chi connectivity index (χ0v) is 20.0. The van der Waals surface area contributed by atoms with Crippen molar-refractivity contribution in [3.05, 3.63) is 81.8 Å². The molecule has 8 heteroatoms. The van der Waals surface area contributed by atoms with E-state index in [4.69, 9.17) is 12.2 Å². The number of amides is 2. The Labute approximate surface area is 201 Å². The molecule has 1 fully saturated rings. The number of anilines is 2. The van der Waals surface area contributed by atoms with Crippen molar-refractivity contribution < 1.29 is 14.0 Å². The van der Waals surface area contributed by atoms with Gasteiger partial charge < -0.3 is 10.2 Å². The van der Waals surface area contributed by atoms with Crippen LogP contribution in [0, 0.1) is 19.7 Å². The molecule has 0 spiro atoms. The van der Waals surface area contributed by atoms with E-state index >= 15 is 0 Å². The van der Waals surface area contributed by atoms with Gasteiger partial charge >= 0.3 is 0 Å². The van der Waals surface area contributed by atoms with Crippen LogP contribution in [0.5, 0.6) is 0 Å². The van der Waals surface area contributed by atoms with Crippen LogP contribution < -0.4 is 10.2 Å². The Kier molecular flexibility index (Phi) is 6.85. The van der Waals surface area contributed by atoms with Crippen molar-refractivity contribution in [3.63, 3.8) is 0 Å². The van der Waals surface area contributed by atoms with Gasteiger partial charge in [0.15, 0.2) is 5.11 Å². The number of aryl methyl sites for hydroxylation is 2. The fourth-order valence-electron chi connectivity index (χ4n) is 3.82. The molecule has 0 aliphatic carbocycles. The van der Waals surface area contributed by atoms with Crippen LogP contribution in [0.15, 0.2) is 60.0 Å². The number of rotatable bonds is 7. The number of hydrogen-bond acceptors (Lipinski definition) is 4. The molecule has 0 saturated carbocycles. The molecule has 170 valence electrons. The molecule has 1 aliphatic rings. The highest BCUT2D eigenvalue weighted by Crippen LogP contribution is 2.29. The lowest BCUT2D eigenvalue weighted by Gasteiger charge is -2.24. The zero-order chi connectivity index (χ0) is 23.5. The maximum Gasteiger partial charge on any atom is 0.256 e. The topological polar surface area (TPSA) is 52.7 Å². The lowest BCUT2D eigenvalue weighted by molar-refractivity contribution is -0.124. The van der Waals surface area contributed by atoms with Gasteiger partial charge in [-0.25, -0.2) is 4.39 Å². The average Bonchev–Trinajstić information content (AvgIpc) is 3.29. The highest BCUT2D eigenvalue weighted by molar-refractivity contribution is 7.80. The monoisotopic (exact) mass is 481 g/mol. The minimum atomic E-state index is -0.709. The van der Waals surface area contributed by atoms with Gasteiger partial charge in [-0.1, -0.05) is 17.7 Å². The molecule has 0 radical (unpaired) electrons. The first kappa shape index (κ1) is 23.1. The van der Waals surface area contributed by atoms with Gasteiger partial charge in [-0.2, -0.15) is 0 Å². The van der Waals surface area contributed by atoms with Crippen molar-refractivity contribution in [1.29, 1.82) is 0 Å². The van der Waals surface area contributed by atoms with Crippen LogP contribution in [-0.4, -0.2) is 34.4 Å². The van der Waals surface area contributed by atoms with Crippen LogP contribution in [0.1, 0.15) is 22.4 Å². The average molecular weight is 482 g/mol. The van der Waals surface area contributed by atoms with Crippen molar-refractivity contribution in [1.82, 2.24) is 4.90 Å². The molecule has 1 atom stereocenters. The molecule has 1 N–H and O–H groups in total. The third-order valence-corrected chi connectivity index (χ3v) is 7.17. The fraction of sp³-hybridized carbons (Fsp3) is 0.240. The third kappa shape index (κ3) is 5.12. The summed E-state index contributed by atoms with van der Waals surface area (Å²) < 4.78 is 13.2. The van der Waals surface area contributed by atoms with E-state index in [1.54, 1.807) is 11.3 Å². The van der Waals surface area contributed by atoms with E-state index in [1.807, 2.05) is 41.5 Å². The summed E-state index contributed by atoms with van der Waals surface area (Å²) >= 11 is 7.39. The van der Waals surface area contributed by atoms with Gasteiger partial charge in [0.1, 0.15) is 11.9 Å². The first-order valence-electron chi connectivity index (χ1n) is 10.6. The summed E-state index contributed by atoms with van der Waals surface area (Å²) in [5.74, 6) is -0.931. The lowest BCUT2D eigenvalue weighted by atomic mass is 10.1. The highest BCUT2D eigenvalue weighted by Gasteiger charge is 2.43. The van der Waals surface area contributed by atoms with Gasteiger partial charge in [0.05, 0.1) is 12.1 Å². The van der Waals surface area contributed by atoms with E-state index in [0.29, 0.717) is 23.0 Å². The standard InChI is InChI=1S/C25H24FN3O2S2/c1-16-3-9-20(10-4-16)29-24(31)21(15-23(30)27-19-7-5-18(26)6-8-19)28(25(29)32)13-11-22-17(2)12-14-33-22/h3-10,12,14,21H,11,13,15H2,1-2H3,(H,27,30)/t21-/m0/s1. The summed E-state index contributed by atoms with van der Waals surface area (Å²) in [7, 11) is 0. The molecule has 3 aromatic rings. The molecule has 0 unspecified atom stereocenters. The Balaban J connectivity index is 1.55. The number of nitrogens with zero attached hydrogens (tertiary/aromatic N) is 2. The number of nitrogens with one attached hydrogen (secondary N) is 1. The summed E-state index contributed by atoms with van der Waals surface area (Å²) in [4.78, 5) is 30.8. The zero-order valence-electron chi connectivity index (χ0n) is 18.4. The van der Waals surface area contributed by atoms with E-state index in [2.05, 4.69) is 18.3 Å². The molecule has 1 saturated heterocycles. The maximum absolute atomic E-state index is 13.4. The summed E-state index contributed by atoms with van der Waals surface area (Å²) in [6.45, 7) is 4.57. The summed E-state index contributed by atoms with van der Waals surface area (Å²) in [6, 6.07) is 14.5. The van der Waals surface area contributed by atoms with Crippen LogP contribution in [-0.2, 0) is 16.0 Å². The Morgan fingerprint density at radius 3 is 2.42 bits per heavy atom. The molecule has 1 aromatic heterocycles. The van der Waals surface area contributed by atoms with Gasteiger partial charge in [-0.3, -0.25) is 14.5 Å². The number of thiophene rings is 1. The summed E-state index contributed by atoms with van der Waals surface area (Å²) in [5.41, 5.74) is 3.45. The molecular weight excluding hydrogens is 457 g/mol. The molecule has 4 rings (SSSR count). The quantitative estimate of drug-likeness (QED) is 0.479. The number of carbonyl (C=O) groups excluding carboxylic acids is 2. The first-order chi connectivity index (χ1) is 15.8. The van der Waals surface area contributed by atoms with Crippen molar-refractivity contribution >= 4 is 51.9 Å². The SMILES string of the molecule is Cc1ccc(N2C(=O)[C@H](CC(=O)Nc3ccc(F)cc3)N(CCc3sccc3C)C2=S)cc1. The molecule has 1 aliphatic heterocycles.